The summed E-state index contributed by atoms with van der Waals surface area (Å²) in [4.78, 5) is -0.0205. The first-order valence-electron chi connectivity index (χ1n) is 3.67. The SMILES string of the molecule is N#Cc1ccc(CBr)c(S(=O)(=O)Cl)c1S. The highest BCUT2D eigenvalue weighted by Gasteiger charge is 2.20. The Balaban J connectivity index is 3.67. The summed E-state index contributed by atoms with van der Waals surface area (Å²) < 4.78 is 22.6. The zero-order valence-corrected chi connectivity index (χ0v) is 11.3. The number of nitrogens with zero attached hydrogens (tertiary/aromatic N) is 1. The second-order valence-corrected chi connectivity index (χ2v) is 6.14. The molecule has 1 aromatic rings. The molecule has 15 heavy (non-hydrogen) atoms. The molecule has 0 radical (unpaired) electrons. The van der Waals surface area contributed by atoms with Gasteiger partial charge in [-0.15, -0.1) is 12.6 Å². The van der Waals surface area contributed by atoms with Crippen LogP contribution < -0.4 is 0 Å². The summed E-state index contributed by atoms with van der Waals surface area (Å²) in [6.07, 6.45) is 0. The predicted octanol–water partition coefficient (Wildman–Crippen LogP) is 2.67. The van der Waals surface area contributed by atoms with Crippen molar-refractivity contribution in [3.8, 4) is 6.07 Å². The number of benzene rings is 1. The molecule has 1 rings (SSSR count). The monoisotopic (exact) mass is 325 g/mol. The molecule has 0 aliphatic carbocycles. The number of halogens is 2. The maximum Gasteiger partial charge on any atom is 0.262 e. The quantitative estimate of drug-likeness (QED) is 0.516. The third-order valence-corrected chi connectivity index (χ3v) is 4.36. The van der Waals surface area contributed by atoms with Crippen LogP contribution in [-0.4, -0.2) is 8.42 Å². The Bertz CT molecular complexity index is 536. The van der Waals surface area contributed by atoms with Gasteiger partial charge in [0.1, 0.15) is 11.0 Å². The molecular weight excluding hydrogens is 322 g/mol. The molecule has 0 aliphatic heterocycles. The van der Waals surface area contributed by atoms with Crippen LogP contribution in [0.15, 0.2) is 21.9 Å². The molecule has 3 nitrogen and oxygen atoms in total. The number of rotatable bonds is 2. The van der Waals surface area contributed by atoms with Crippen molar-refractivity contribution in [3.63, 3.8) is 0 Å². The Labute approximate surface area is 106 Å². The van der Waals surface area contributed by atoms with Crippen molar-refractivity contribution in [1.82, 2.24) is 0 Å². The fourth-order valence-corrected chi connectivity index (χ4v) is 3.85. The fourth-order valence-electron chi connectivity index (χ4n) is 1.08. The van der Waals surface area contributed by atoms with Gasteiger partial charge in [-0.2, -0.15) is 5.26 Å². The van der Waals surface area contributed by atoms with Crippen molar-refractivity contribution in [3.05, 3.63) is 23.3 Å². The Morgan fingerprint density at radius 1 is 1.53 bits per heavy atom. The van der Waals surface area contributed by atoms with Gasteiger partial charge in [0.25, 0.3) is 9.05 Å². The molecule has 0 saturated carbocycles. The first kappa shape index (κ1) is 12.8. The molecule has 7 heteroatoms. The van der Waals surface area contributed by atoms with Crippen LogP contribution in [-0.2, 0) is 14.4 Å². The van der Waals surface area contributed by atoms with Crippen molar-refractivity contribution >= 4 is 48.3 Å². The lowest BCUT2D eigenvalue weighted by Gasteiger charge is -2.07. The van der Waals surface area contributed by atoms with Crippen LogP contribution in [0.4, 0.5) is 0 Å². The molecular formula is C8H5BrClNO2S2. The summed E-state index contributed by atoms with van der Waals surface area (Å²) in [7, 11) is 1.38. The molecule has 0 saturated heterocycles. The highest BCUT2D eigenvalue weighted by molar-refractivity contribution is 9.08. The topological polar surface area (TPSA) is 57.9 Å². The molecule has 0 unspecified atom stereocenters. The Morgan fingerprint density at radius 2 is 2.13 bits per heavy atom. The smallest absolute Gasteiger partial charge is 0.207 e. The lowest BCUT2D eigenvalue weighted by atomic mass is 10.2. The molecule has 1 aromatic carbocycles. The molecule has 0 amide bonds. The van der Waals surface area contributed by atoms with E-state index in [0.29, 0.717) is 10.9 Å². The van der Waals surface area contributed by atoms with E-state index in [1.807, 2.05) is 6.07 Å². The first-order valence-corrected chi connectivity index (χ1v) is 7.55. The van der Waals surface area contributed by atoms with Gasteiger partial charge in [-0.25, -0.2) is 8.42 Å². The van der Waals surface area contributed by atoms with Crippen molar-refractivity contribution < 1.29 is 8.42 Å². The van der Waals surface area contributed by atoms with Gasteiger partial charge in [-0.05, 0) is 11.6 Å². The van der Waals surface area contributed by atoms with E-state index in [-0.39, 0.29) is 15.4 Å². The Kier molecular flexibility index (Phi) is 4.06. The lowest BCUT2D eigenvalue weighted by Crippen LogP contribution is -2.00. The zero-order valence-electron chi connectivity index (χ0n) is 7.24. The summed E-state index contributed by atoms with van der Waals surface area (Å²) >= 11 is 7.14. The van der Waals surface area contributed by atoms with Gasteiger partial charge in [-0.3, -0.25) is 0 Å². The minimum atomic E-state index is -3.89. The van der Waals surface area contributed by atoms with Gasteiger partial charge in [0, 0.05) is 20.9 Å². The third-order valence-electron chi connectivity index (χ3n) is 1.72. The summed E-state index contributed by atoms with van der Waals surface area (Å²) in [6.45, 7) is 0. The number of hydrogen-bond acceptors (Lipinski definition) is 4. The molecule has 0 atom stereocenters. The average molecular weight is 327 g/mol. The van der Waals surface area contributed by atoms with Gasteiger partial charge in [0.05, 0.1) is 5.56 Å². The van der Waals surface area contributed by atoms with E-state index in [2.05, 4.69) is 28.6 Å². The predicted molar refractivity (Wildman–Crippen MR) is 64.1 cm³/mol. The maximum absolute atomic E-state index is 11.3. The van der Waals surface area contributed by atoms with Crippen LogP contribution in [0.5, 0.6) is 0 Å². The highest BCUT2D eigenvalue weighted by atomic mass is 79.9. The van der Waals surface area contributed by atoms with Crippen LogP contribution in [0.25, 0.3) is 0 Å². The minimum absolute atomic E-state index is 0.0875. The summed E-state index contributed by atoms with van der Waals surface area (Å²) in [5.41, 5.74) is 0.663. The normalized spacial score (nSPS) is 11.1. The Hall–Kier alpha value is -0.220. The second-order valence-electron chi connectivity index (χ2n) is 2.63. The van der Waals surface area contributed by atoms with Crippen LogP contribution in [0.2, 0.25) is 0 Å². The van der Waals surface area contributed by atoms with Gasteiger partial charge in [-0.1, -0.05) is 22.0 Å². The molecule has 0 spiro atoms. The first-order chi connectivity index (χ1) is 6.91. The van der Waals surface area contributed by atoms with E-state index in [1.165, 1.54) is 12.1 Å². The van der Waals surface area contributed by atoms with E-state index >= 15 is 0 Å². The molecule has 80 valence electrons. The largest absolute Gasteiger partial charge is 0.262 e. The molecule has 0 bridgehead atoms. The van der Waals surface area contributed by atoms with Gasteiger partial charge >= 0.3 is 0 Å². The van der Waals surface area contributed by atoms with Crippen LogP contribution in [0, 0.1) is 11.3 Å². The second kappa shape index (κ2) is 4.74. The van der Waals surface area contributed by atoms with Crippen LogP contribution in [0.1, 0.15) is 11.1 Å². The number of thiol groups is 1. The van der Waals surface area contributed by atoms with E-state index in [4.69, 9.17) is 15.9 Å². The van der Waals surface area contributed by atoms with Crippen molar-refractivity contribution in [2.24, 2.45) is 0 Å². The van der Waals surface area contributed by atoms with E-state index < -0.39 is 9.05 Å². The van der Waals surface area contributed by atoms with Gasteiger partial charge in [0.2, 0.25) is 0 Å². The zero-order chi connectivity index (χ0) is 11.6. The third kappa shape index (κ3) is 2.67. The average Bonchev–Trinajstić information content (AvgIpc) is 2.15. The van der Waals surface area contributed by atoms with Crippen molar-refractivity contribution in [2.45, 2.75) is 15.1 Å². The molecule has 0 aromatic heterocycles. The van der Waals surface area contributed by atoms with E-state index in [1.54, 1.807) is 0 Å². The minimum Gasteiger partial charge on any atom is -0.207 e. The van der Waals surface area contributed by atoms with Crippen LogP contribution >= 0.6 is 39.2 Å². The number of hydrogen-bond donors (Lipinski definition) is 1. The lowest BCUT2D eigenvalue weighted by molar-refractivity contribution is 0.607. The molecule has 0 N–H and O–H groups in total. The van der Waals surface area contributed by atoms with Crippen molar-refractivity contribution in [2.75, 3.05) is 0 Å². The molecule has 0 heterocycles. The summed E-state index contributed by atoms with van der Waals surface area (Å²) in [5.74, 6) is 0. The number of alkyl halides is 1. The molecule has 0 aliphatic rings. The summed E-state index contributed by atoms with van der Waals surface area (Å²) in [5, 5.41) is 9.05. The standard InChI is InChI=1S/C8H5BrClNO2S2/c9-3-5-1-2-6(4-11)7(14)8(5)15(10,12)13/h1-2,14H,3H2. The maximum atomic E-state index is 11.3. The number of nitriles is 1. The molecule has 0 fully saturated rings. The highest BCUT2D eigenvalue weighted by Crippen LogP contribution is 2.31. The summed E-state index contributed by atoms with van der Waals surface area (Å²) in [6, 6.07) is 4.88. The van der Waals surface area contributed by atoms with E-state index in [0.717, 1.165) is 0 Å². The fraction of sp³-hybridized carbons (Fsp3) is 0.125. The van der Waals surface area contributed by atoms with Crippen LogP contribution in [0.3, 0.4) is 0 Å². The van der Waals surface area contributed by atoms with Gasteiger partial charge < -0.3 is 0 Å². The van der Waals surface area contributed by atoms with Gasteiger partial charge in [0.15, 0.2) is 0 Å². The van der Waals surface area contributed by atoms with E-state index in [9.17, 15) is 8.42 Å². The Morgan fingerprint density at radius 3 is 2.53 bits per heavy atom. The van der Waals surface area contributed by atoms with Crippen molar-refractivity contribution in [1.29, 1.82) is 5.26 Å².